The molecule has 0 atom stereocenters. The van der Waals surface area contributed by atoms with Gasteiger partial charge in [-0.25, -0.2) is 4.79 Å². The van der Waals surface area contributed by atoms with Crippen LogP contribution in [0.15, 0.2) is 42.5 Å². The van der Waals surface area contributed by atoms with Gasteiger partial charge in [0.15, 0.2) is 0 Å². The lowest BCUT2D eigenvalue weighted by Gasteiger charge is -2.30. The van der Waals surface area contributed by atoms with Crippen LogP contribution in [0, 0.1) is 11.3 Å². The van der Waals surface area contributed by atoms with Crippen LogP contribution < -0.4 is 5.32 Å². The van der Waals surface area contributed by atoms with Gasteiger partial charge < -0.3 is 14.8 Å². The summed E-state index contributed by atoms with van der Waals surface area (Å²) in [5.74, 6) is 0.174. The fraction of sp³-hybridized carbons (Fsp3) is 0.200. The van der Waals surface area contributed by atoms with Gasteiger partial charge in [-0.05, 0) is 49.1 Å². The quantitative estimate of drug-likeness (QED) is 0.639. The van der Waals surface area contributed by atoms with Gasteiger partial charge in [-0.3, -0.25) is 5.32 Å². The number of benzene rings is 2. The first kappa shape index (κ1) is 16.0. The zero-order valence-electron chi connectivity index (χ0n) is 13.9. The van der Waals surface area contributed by atoms with E-state index in [1.54, 1.807) is 30.3 Å². The monoisotopic (exact) mass is 347 g/mol. The van der Waals surface area contributed by atoms with Crippen molar-refractivity contribution in [3.63, 3.8) is 0 Å². The molecule has 1 fully saturated rings. The van der Waals surface area contributed by atoms with Gasteiger partial charge in [-0.1, -0.05) is 12.1 Å². The van der Waals surface area contributed by atoms with Gasteiger partial charge in [-0.15, -0.1) is 0 Å². The van der Waals surface area contributed by atoms with Gasteiger partial charge >= 0.3 is 6.09 Å². The molecule has 130 valence electrons. The predicted octanol–water partition coefficient (Wildman–Crippen LogP) is 4.70. The standard InChI is InChI=1S/C20H17N3O3/c21-11-17-16-9-8-15(24)10-18(16)23(14-2-1-3-14)19(17)12-4-6-13(7-5-12)22-20(25)26/h4-10,14,22,24H,1-3H2,(H,25,26). The van der Waals surface area contributed by atoms with Crippen molar-refractivity contribution in [2.45, 2.75) is 25.3 Å². The Morgan fingerprint density at radius 1 is 1.19 bits per heavy atom. The smallest absolute Gasteiger partial charge is 0.409 e. The van der Waals surface area contributed by atoms with Gasteiger partial charge in [-0.2, -0.15) is 5.26 Å². The van der Waals surface area contributed by atoms with E-state index in [0.717, 1.165) is 41.4 Å². The molecule has 3 N–H and O–H groups in total. The second-order valence-corrected chi connectivity index (χ2v) is 6.50. The van der Waals surface area contributed by atoms with Crippen molar-refractivity contribution >= 4 is 22.7 Å². The van der Waals surface area contributed by atoms with Gasteiger partial charge in [0.25, 0.3) is 0 Å². The van der Waals surface area contributed by atoms with E-state index in [0.29, 0.717) is 17.3 Å². The SMILES string of the molecule is N#Cc1c(-c2ccc(NC(=O)O)cc2)n(C2CCC2)c2cc(O)ccc12. The lowest BCUT2D eigenvalue weighted by molar-refractivity contribution is 0.209. The van der Waals surface area contributed by atoms with Crippen molar-refractivity contribution in [3.8, 4) is 23.1 Å². The highest BCUT2D eigenvalue weighted by Gasteiger charge is 2.27. The van der Waals surface area contributed by atoms with Crippen LogP contribution in [0.3, 0.4) is 0 Å². The van der Waals surface area contributed by atoms with Gasteiger partial charge in [0, 0.05) is 23.2 Å². The normalized spacial score (nSPS) is 14.0. The number of phenols is 1. The average molecular weight is 347 g/mol. The van der Waals surface area contributed by atoms with E-state index in [2.05, 4.69) is 16.0 Å². The Bertz CT molecular complexity index is 1040. The molecular formula is C20H17N3O3. The minimum Gasteiger partial charge on any atom is -0.508 e. The summed E-state index contributed by atoms with van der Waals surface area (Å²) in [6, 6.07) is 14.7. The minimum atomic E-state index is -1.12. The summed E-state index contributed by atoms with van der Waals surface area (Å²) < 4.78 is 2.15. The van der Waals surface area contributed by atoms with Crippen LogP contribution in [0.4, 0.5) is 10.5 Å². The number of nitriles is 1. The first-order valence-corrected chi connectivity index (χ1v) is 8.46. The maximum atomic E-state index is 10.8. The van der Waals surface area contributed by atoms with Crippen LogP contribution in [-0.4, -0.2) is 20.9 Å². The summed E-state index contributed by atoms with van der Waals surface area (Å²) in [6.07, 6.45) is 2.10. The van der Waals surface area contributed by atoms with Gasteiger partial charge in [0.2, 0.25) is 0 Å². The highest BCUT2D eigenvalue weighted by Crippen LogP contribution is 2.43. The van der Waals surface area contributed by atoms with E-state index in [4.69, 9.17) is 5.11 Å². The summed E-state index contributed by atoms with van der Waals surface area (Å²) in [7, 11) is 0. The number of carboxylic acid groups (broad SMARTS) is 1. The number of hydrogen-bond acceptors (Lipinski definition) is 3. The lowest BCUT2D eigenvalue weighted by Crippen LogP contribution is -2.17. The molecular weight excluding hydrogens is 330 g/mol. The first-order valence-electron chi connectivity index (χ1n) is 8.46. The Morgan fingerprint density at radius 2 is 1.92 bits per heavy atom. The molecule has 1 saturated carbocycles. The molecule has 0 unspecified atom stereocenters. The summed E-state index contributed by atoms with van der Waals surface area (Å²) in [6.45, 7) is 0. The van der Waals surface area contributed by atoms with Crippen LogP contribution in [0.25, 0.3) is 22.2 Å². The van der Waals surface area contributed by atoms with Crippen molar-refractivity contribution in [2.24, 2.45) is 0 Å². The number of aromatic nitrogens is 1. The third-order valence-corrected chi connectivity index (χ3v) is 4.95. The number of aromatic hydroxyl groups is 1. The number of nitrogens with one attached hydrogen (secondary N) is 1. The van der Waals surface area contributed by atoms with Crippen LogP contribution in [0.5, 0.6) is 5.75 Å². The Morgan fingerprint density at radius 3 is 2.50 bits per heavy atom. The van der Waals surface area contributed by atoms with E-state index in [-0.39, 0.29) is 5.75 Å². The molecule has 26 heavy (non-hydrogen) atoms. The van der Waals surface area contributed by atoms with Crippen molar-refractivity contribution in [2.75, 3.05) is 5.32 Å². The van der Waals surface area contributed by atoms with Crippen molar-refractivity contribution in [1.82, 2.24) is 4.57 Å². The van der Waals surface area contributed by atoms with E-state index >= 15 is 0 Å². The second kappa shape index (κ2) is 6.12. The van der Waals surface area contributed by atoms with Crippen LogP contribution in [0.1, 0.15) is 30.9 Å². The Kier molecular flexibility index (Phi) is 3.77. The molecule has 1 aliphatic rings. The molecule has 1 amide bonds. The van der Waals surface area contributed by atoms with E-state index in [1.807, 2.05) is 12.1 Å². The molecule has 1 aromatic heterocycles. The predicted molar refractivity (Wildman–Crippen MR) is 98.3 cm³/mol. The average Bonchev–Trinajstić information content (AvgIpc) is 2.87. The third kappa shape index (κ3) is 2.54. The van der Waals surface area contributed by atoms with Gasteiger partial charge in [0.05, 0.1) is 16.8 Å². The van der Waals surface area contributed by atoms with Crippen molar-refractivity contribution < 1.29 is 15.0 Å². The maximum absolute atomic E-state index is 10.8. The molecule has 3 aromatic rings. The van der Waals surface area contributed by atoms with Crippen molar-refractivity contribution in [1.29, 1.82) is 5.26 Å². The van der Waals surface area contributed by atoms with Crippen LogP contribution >= 0.6 is 0 Å². The number of nitrogens with zero attached hydrogens (tertiary/aromatic N) is 2. The molecule has 4 rings (SSSR count). The number of hydrogen-bond donors (Lipinski definition) is 3. The summed E-state index contributed by atoms with van der Waals surface area (Å²) in [5, 5.41) is 31.7. The first-order chi connectivity index (χ1) is 12.6. The fourth-order valence-electron chi connectivity index (χ4n) is 3.55. The highest BCUT2D eigenvalue weighted by atomic mass is 16.4. The lowest BCUT2D eigenvalue weighted by atomic mass is 9.92. The molecule has 0 saturated heterocycles. The molecule has 0 bridgehead atoms. The number of carbonyl (C=O) groups is 1. The van der Waals surface area contributed by atoms with Gasteiger partial charge in [0.1, 0.15) is 11.8 Å². The van der Waals surface area contributed by atoms with Crippen LogP contribution in [0.2, 0.25) is 0 Å². The summed E-state index contributed by atoms with van der Waals surface area (Å²) in [4.78, 5) is 10.8. The number of phenolic OH excluding ortho intramolecular Hbond substituents is 1. The molecule has 1 heterocycles. The maximum Gasteiger partial charge on any atom is 0.409 e. The zero-order chi connectivity index (χ0) is 18.3. The zero-order valence-corrected chi connectivity index (χ0v) is 13.9. The van der Waals surface area contributed by atoms with E-state index in [1.165, 1.54) is 0 Å². The Hall–Kier alpha value is -3.46. The fourth-order valence-corrected chi connectivity index (χ4v) is 3.55. The molecule has 0 aliphatic heterocycles. The Labute approximate surface area is 149 Å². The van der Waals surface area contributed by atoms with E-state index in [9.17, 15) is 15.2 Å². The van der Waals surface area contributed by atoms with Crippen molar-refractivity contribution in [3.05, 3.63) is 48.0 Å². The number of rotatable bonds is 3. The van der Waals surface area contributed by atoms with Crippen LogP contribution in [-0.2, 0) is 0 Å². The topological polar surface area (TPSA) is 98.3 Å². The molecule has 6 nitrogen and oxygen atoms in total. The number of amides is 1. The molecule has 2 aromatic carbocycles. The highest BCUT2D eigenvalue weighted by molar-refractivity contribution is 5.95. The van der Waals surface area contributed by atoms with E-state index < -0.39 is 6.09 Å². The number of fused-ring (bicyclic) bond motifs is 1. The summed E-state index contributed by atoms with van der Waals surface area (Å²) >= 11 is 0. The molecule has 1 aliphatic carbocycles. The third-order valence-electron chi connectivity index (χ3n) is 4.95. The second-order valence-electron chi connectivity index (χ2n) is 6.50. The molecule has 6 heteroatoms. The number of anilines is 1. The molecule has 0 radical (unpaired) electrons. The summed E-state index contributed by atoms with van der Waals surface area (Å²) in [5.41, 5.74) is 3.57. The Balaban J connectivity index is 1.93. The largest absolute Gasteiger partial charge is 0.508 e. The minimum absolute atomic E-state index is 0.174. The molecule has 0 spiro atoms.